The first-order chi connectivity index (χ1) is 5.59. The second-order valence-electron chi connectivity index (χ2n) is 2.57. The molecule has 2 N–H and O–H groups in total. The first-order valence-corrected chi connectivity index (χ1v) is 3.65. The summed E-state index contributed by atoms with van der Waals surface area (Å²) in [5, 5.41) is 18.8. The van der Waals surface area contributed by atoms with Crippen LogP contribution in [0.5, 0.6) is 11.8 Å². The van der Waals surface area contributed by atoms with Gasteiger partial charge in [0.25, 0.3) is 0 Å². The second kappa shape index (κ2) is 2.89. The molecule has 0 aromatic carbocycles. The van der Waals surface area contributed by atoms with Gasteiger partial charge < -0.3 is 10.2 Å². The minimum absolute atomic E-state index is 0.0110. The van der Waals surface area contributed by atoms with Gasteiger partial charge in [-0.3, -0.25) is 9.56 Å². The van der Waals surface area contributed by atoms with E-state index in [1.54, 1.807) is 27.1 Å². The summed E-state index contributed by atoms with van der Waals surface area (Å²) in [5.74, 6) is 0.0381. The molecule has 0 bridgehead atoms. The molecule has 0 spiro atoms. The van der Waals surface area contributed by atoms with Gasteiger partial charge in [0.1, 0.15) is 5.69 Å². The van der Waals surface area contributed by atoms with Crippen molar-refractivity contribution in [3.63, 3.8) is 0 Å². The summed E-state index contributed by atoms with van der Waals surface area (Å²) in [7, 11) is 1.58. The van der Waals surface area contributed by atoms with E-state index in [2.05, 4.69) is 4.99 Å². The Balaban J connectivity index is 3.37. The topological polar surface area (TPSA) is 57.8 Å². The molecule has 1 rings (SSSR count). The zero-order valence-electron chi connectivity index (χ0n) is 7.37. The average molecular weight is 168 g/mol. The summed E-state index contributed by atoms with van der Waals surface area (Å²) >= 11 is 0. The van der Waals surface area contributed by atoms with Gasteiger partial charge >= 0.3 is 0 Å². The Kier molecular flexibility index (Phi) is 2.08. The average Bonchev–Trinajstić information content (AvgIpc) is 2.23. The maximum absolute atomic E-state index is 9.42. The zero-order valence-corrected chi connectivity index (χ0v) is 7.37. The molecule has 0 radical (unpaired) electrons. The van der Waals surface area contributed by atoms with Crippen LogP contribution in [0.2, 0.25) is 0 Å². The van der Waals surface area contributed by atoms with E-state index in [0.29, 0.717) is 11.3 Å². The number of aromatic hydroxyl groups is 2. The minimum Gasteiger partial charge on any atom is -0.494 e. The predicted molar refractivity (Wildman–Crippen MR) is 47.3 cm³/mol. The third-order valence-corrected chi connectivity index (χ3v) is 1.80. The van der Waals surface area contributed by atoms with E-state index in [1.165, 1.54) is 4.57 Å². The van der Waals surface area contributed by atoms with Gasteiger partial charge in [0, 0.05) is 18.8 Å². The van der Waals surface area contributed by atoms with Crippen LogP contribution in [0.4, 0.5) is 5.69 Å². The summed E-state index contributed by atoms with van der Waals surface area (Å²) in [4.78, 5) is 3.93. The maximum atomic E-state index is 9.42. The number of hydrogen-bond acceptors (Lipinski definition) is 3. The molecule has 66 valence electrons. The fraction of sp³-hybridized carbons (Fsp3) is 0.375. The quantitative estimate of drug-likeness (QED) is 0.624. The second-order valence-corrected chi connectivity index (χ2v) is 2.57. The van der Waals surface area contributed by atoms with Gasteiger partial charge in [0.05, 0.1) is 0 Å². The normalized spacial score (nSPS) is 11.2. The Bertz CT molecular complexity index is 301. The molecule has 1 heterocycles. The Morgan fingerprint density at radius 2 is 1.92 bits per heavy atom. The molecule has 4 nitrogen and oxygen atoms in total. The van der Waals surface area contributed by atoms with E-state index in [0.717, 1.165) is 0 Å². The number of aliphatic imine (C=N–C) groups is 1. The van der Waals surface area contributed by atoms with Gasteiger partial charge in [-0.1, -0.05) is 0 Å². The third kappa shape index (κ3) is 1.05. The highest BCUT2D eigenvalue weighted by Crippen LogP contribution is 2.38. The van der Waals surface area contributed by atoms with Gasteiger partial charge in [-0.2, -0.15) is 0 Å². The summed E-state index contributed by atoms with van der Waals surface area (Å²) in [6.45, 7) is 3.46. The monoisotopic (exact) mass is 168 g/mol. The molecule has 0 aliphatic rings. The number of rotatable bonds is 1. The van der Waals surface area contributed by atoms with Crippen molar-refractivity contribution >= 4 is 11.9 Å². The first-order valence-electron chi connectivity index (χ1n) is 3.65. The maximum Gasteiger partial charge on any atom is 0.220 e. The smallest absolute Gasteiger partial charge is 0.220 e. The van der Waals surface area contributed by atoms with Crippen LogP contribution in [-0.2, 0) is 7.05 Å². The lowest BCUT2D eigenvalue weighted by Gasteiger charge is -1.94. The molecule has 0 amide bonds. The highest BCUT2D eigenvalue weighted by Gasteiger charge is 2.15. The number of nitrogens with zero attached hydrogens (tertiary/aromatic N) is 2. The lowest BCUT2D eigenvalue weighted by Crippen LogP contribution is -1.83. The van der Waals surface area contributed by atoms with Crippen molar-refractivity contribution in [2.24, 2.45) is 12.0 Å². The van der Waals surface area contributed by atoms with Crippen molar-refractivity contribution < 1.29 is 10.2 Å². The SMILES string of the molecule is CC=Nc1c(C)c(O)n(C)c1O. The highest BCUT2D eigenvalue weighted by atomic mass is 16.3. The molecule has 0 aliphatic heterocycles. The Morgan fingerprint density at radius 1 is 1.33 bits per heavy atom. The molecular weight excluding hydrogens is 156 g/mol. The van der Waals surface area contributed by atoms with Crippen molar-refractivity contribution in [1.29, 1.82) is 0 Å². The molecule has 12 heavy (non-hydrogen) atoms. The van der Waals surface area contributed by atoms with Gasteiger partial charge in [-0.05, 0) is 13.8 Å². The van der Waals surface area contributed by atoms with Gasteiger partial charge in [-0.25, -0.2) is 0 Å². The summed E-state index contributed by atoms with van der Waals surface area (Å²) in [6, 6.07) is 0. The van der Waals surface area contributed by atoms with Crippen molar-refractivity contribution in [3.8, 4) is 11.8 Å². The van der Waals surface area contributed by atoms with Gasteiger partial charge in [0.15, 0.2) is 5.88 Å². The van der Waals surface area contributed by atoms with Crippen molar-refractivity contribution in [2.75, 3.05) is 0 Å². The van der Waals surface area contributed by atoms with E-state index >= 15 is 0 Å². The fourth-order valence-corrected chi connectivity index (χ4v) is 1.07. The molecule has 0 saturated carbocycles. The van der Waals surface area contributed by atoms with Gasteiger partial charge in [-0.15, -0.1) is 0 Å². The Hall–Kier alpha value is -1.45. The molecule has 0 atom stereocenters. The van der Waals surface area contributed by atoms with E-state index < -0.39 is 0 Å². The van der Waals surface area contributed by atoms with E-state index in [9.17, 15) is 10.2 Å². The van der Waals surface area contributed by atoms with Crippen LogP contribution in [0.1, 0.15) is 12.5 Å². The molecule has 0 unspecified atom stereocenters. The first kappa shape index (κ1) is 8.64. The van der Waals surface area contributed by atoms with Crippen LogP contribution in [0.3, 0.4) is 0 Å². The molecule has 1 aromatic rings. The van der Waals surface area contributed by atoms with Crippen LogP contribution >= 0.6 is 0 Å². The van der Waals surface area contributed by atoms with Crippen LogP contribution in [0.25, 0.3) is 0 Å². The molecule has 1 aromatic heterocycles. The molecular formula is C8H12N2O2. The Morgan fingerprint density at radius 3 is 2.25 bits per heavy atom. The van der Waals surface area contributed by atoms with Gasteiger partial charge in [0.2, 0.25) is 5.88 Å². The van der Waals surface area contributed by atoms with E-state index in [1.807, 2.05) is 0 Å². The van der Waals surface area contributed by atoms with Crippen LogP contribution < -0.4 is 0 Å². The van der Waals surface area contributed by atoms with Crippen molar-refractivity contribution in [2.45, 2.75) is 13.8 Å². The number of hydrogen-bond donors (Lipinski definition) is 2. The zero-order chi connectivity index (χ0) is 9.30. The van der Waals surface area contributed by atoms with Crippen molar-refractivity contribution in [3.05, 3.63) is 5.56 Å². The fourth-order valence-electron chi connectivity index (χ4n) is 1.07. The summed E-state index contributed by atoms with van der Waals surface area (Å²) < 4.78 is 1.29. The molecule has 0 aliphatic carbocycles. The van der Waals surface area contributed by atoms with Crippen molar-refractivity contribution in [1.82, 2.24) is 4.57 Å². The van der Waals surface area contributed by atoms with Crippen LogP contribution in [0, 0.1) is 6.92 Å². The third-order valence-electron chi connectivity index (χ3n) is 1.80. The minimum atomic E-state index is -0.0110. The summed E-state index contributed by atoms with van der Waals surface area (Å²) in [6.07, 6.45) is 1.57. The van der Waals surface area contributed by atoms with E-state index in [-0.39, 0.29) is 11.8 Å². The lowest BCUT2D eigenvalue weighted by molar-refractivity contribution is 0.386. The molecule has 0 saturated heterocycles. The Labute approximate surface area is 70.8 Å². The standard InChI is InChI=1S/C8H12N2O2/c1-4-9-6-5(2)7(11)10(3)8(6)12/h4,11-12H,1-3H3. The lowest BCUT2D eigenvalue weighted by atomic mass is 10.3. The molecule has 0 fully saturated rings. The van der Waals surface area contributed by atoms with Crippen LogP contribution in [0.15, 0.2) is 4.99 Å². The largest absolute Gasteiger partial charge is 0.494 e. The molecule has 4 heteroatoms. The highest BCUT2D eigenvalue weighted by molar-refractivity contribution is 5.68. The van der Waals surface area contributed by atoms with Crippen LogP contribution in [-0.4, -0.2) is 21.0 Å². The number of aromatic nitrogens is 1. The predicted octanol–water partition coefficient (Wildman–Crippen LogP) is 1.47. The van der Waals surface area contributed by atoms with E-state index in [4.69, 9.17) is 0 Å². The summed E-state index contributed by atoms with van der Waals surface area (Å²) in [5.41, 5.74) is 1.02.